The molecule has 3 fully saturated rings. The molecule has 3 aliphatic rings. The molecule has 6 aromatic rings. The Morgan fingerprint density at radius 3 is 1.75 bits per heavy atom. The maximum Gasteiger partial charge on any atom is 0.386 e. The third kappa shape index (κ3) is 8.33. The summed E-state index contributed by atoms with van der Waals surface area (Å²) >= 11 is 8.42. The lowest BCUT2D eigenvalue weighted by atomic mass is 10.2. The zero-order chi connectivity index (χ0) is 42.8. The summed E-state index contributed by atoms with van der Waals surface area (Å²) in [5.41, 5.74) is 18.6. The van der Waals surface area contributed by atoms with E-state index in [4.69, 9.17) is 49.5 Å². The fourth-order valence-corrected chi connectivity index (χ4v) is 10.4. The number of hydrogen-bond acceptors (Lipinski definition) is 23. The van der Waals surface area contributed by atoms with Crippen molar-refractivity contribution < 1.29 is 51.6 Å². The first-order chi connectivity index (χ1) is 29.2. The number of aliphatic hydroxyl groups excluding tert-OH is 2. The number of nitrogens with one attached hydrogen (secondary N) is 1. The Morgan fingerprint density at radius 2 is 1.18 bits per heavy atom. The van der Waals surface area contributed by atoms with Crippen molar-refractivity contribution in [3.63, 3.8) is 0 Å². The van der Waals surface area contributed by atoms with Gasteiger partial charge in [0.1, 0.15) is 72.9 Å². The van der Waals surface area contributed by atoms with Gasteiger partial charge in [0.15, 0.2) is 34.1 Å². The smallest absolute Gasteiger partial charge is 0.386 e. The normalized spacial score (nSPS) is 28.9. The van der Waals surface area contributed by atoms with E-state index in [1.807, 2.05) is 0 Å². The summed E-state index contributed by atoms with van der Waals surface area (Å²) < 4.78 is 73.5. The summed E-state index contributed by atoms with van der Waals surface area (Å²) in [5, 5.41) is 21.0. The largest absolute Gasteiger partial charge is 0.394 e. The lowest BCUT2D eigenvalue weighted by Gasteiger charge is -2.25. The predicted octanol–water partition coefficient (Wildman–Crippen LogP) is 0.641. The minimum atomic E-state index is -4.28. The van der Waals surface area contributed by atoms with Gasteiger partial charge >= 0.3 is 13.6 Å². The molecule has 0 aliphatic carbocycles. The van der Waals surface area contributed by atoms with Crippen molar-refractivity contribution >= 4 is 89.2 Å². The summed E-state index contributed by atoms with van der Waals surface area (Å²) in [5.74, 6) is 0.161. The van der Waals surface area contributed by atoms with Gasteiger partial charge < -0.3 is 41.6 Å². The lowest BCUT2D eigenvalue weighted by molar-refractivity contribution is -0.0504. The lowest BCUT2D eigenvalue weighted by Crippen LogP contribution is -2.30. The van der Waals surface area contributed by atoms with E-state index < -0.39 is 94.3 Å². The Balaban J connectivity index is 0.878. The standard InChI is InChI=1S/C30H37N15O12P2S2/c31-24-21-26(36-7-34-24)43(9-38-21)18-1-12(47)16(54-18)5-51-58(49,60)57-14-3-19(44-10-39-22-25(32)35-8-37-27(22)44)55-17(14)6-52-59(50,61)56-13-2-20(53-15(13)4-46)45-11-40-23-28(45)41-30(33)42-29(23)48/h7-20,46-47H,1-6H2,(H,49,60)(H,50,61)(H2,31,34,36)(H2,32,35,37)(H3,33,41,42,48)/t12-,13-,14-,15-,16-,17-,18-,19-,20-,58?,59?/m1/s1. The molecular formula is C30H37N15O12P2S2. The van der Waals surface area contributed by atoms with Gasteiger partial charge in [-0.2, -0.15) is 4.98 Å². The summed E-state index contributed by atoms with van der Waals surface area (Å²) in [7, 11) is 0. The molecule has 0 spiro atoms. The van der Waals surface area contributed by atoms with Crippen LogP contribution in [0.15, 0.2) is 36.4 Å². The molecule has 0 bridgehead atoms. The van der Waals surface area contributed by atoms with Crippen LogP contribution in [0.3, 0.4) is 0 Å². The predicted molar refractivity (Wildman–Crippen MR) is 216 cm³/mol. The molecule has 3 saturated heterocycles. The van der Waals surface area contributed by atoms with Crippen molar-refractivity contribution in [3.8, 4) is 0 Å². The van der Waals surface area contributed by atoms with E-state index in [9.17, 15) is 24.1 Å². The minimum Gasteiger partial charge on any atom is -0.394 e. The van der Waals surface area contributed by atoms with Gasteiger partial charge in [-0.15, -0.1) is 0 Å². The highest BCUT2D eigenvalue weighted by Gasteiger charge is 2.46. The highest BCUT2D eigenvalue weighted by molar-refractivity contribution is 8.44. The molecule has 0 radical (unpaired) electrons. The molecule has 11 atom stereocenters. The van der Waals surface area contributed by atoms with E-state index in [2.05, 4.69) is 69.4 Å². The number of anilines is 3. The summed E-state index contributed by atoms with van der Waals surface area (Å²) in [6, 6.07) is 0. The number of nitrogen functional groups attached to an aromatic ring is 3. The van der Waals surface area contributed by atoms with Crippen LogP contribution in [0, 0.1) is 0 Å². The summed E-state index contributed by atoms with van der Waals surface area (Å²) in [4.78, 5) is 47.8. The highest BCUT2D eigenvalue weighted by atomic mass is 32.7. The van der Waals surface area contributed by atoms with Crippen LogP contribution in [0.25, 0.3) is 33.5 Å². The van der Waals surface area contributed by atoms with E-state index in [1.165, 1.54) is 36.2 Å². The molecule has 326 valence electrons. The topological polar surface area (TPSA) is 368 Å². The minimum absolute atomic E-state index is 0.00331. The van der Waals surface area contributed by atoms with Crippen LogP contribution in [0.1, 0.15) is 37.9 Å². The second kappa shape index (κ2) is 16.4. The Hall–Kier alpha value is -4.35. The van der Waals surface area contributed by atoms with Gasteiger partial charge in [0.25, 0.3) is 5.56 Å². The second-order valence-corrected chi connectivity index (χ2v) is 19.9. The average Bonchev–Trinajstić information content (AvgIpc) is 4.06. The van der Waals surface area contributed by atoms with Crippen molar-refractivity contribution in [2.24, 2.45) is 0 Å². The quantitative estimate of drug-likeness (QED) is 0.0549. The molecule has 9 N–H and O–H groups in total. The number of nitrogens with two attached hydrogens (primary N) is 3. The van der Waals surface area contributed by atoms with Crippen molar-refractivity contribution in [3.05, 3.63) is 42.0 Å². The number of fused-ring (bicyclic) bond motifs is 3. The van der Waals surface area contributed by atoms with Gasteiger partial charge in [0, 0.05) is 19.3 Å². The maximum absolute atomic E-state index is 13.8. The number of ether oxygens (including phenoxy) is 3. The first kappa shape index (κ1) is 42.0. The molecule has 3 aliphatic heterocycles. The number of rotatable bonds is 14. The van der Waals surface area contributed by atoms with Crippen LogP contribution >= 0.6 is 38.1 Å². The fourth-order valence-electron chi connectivity index (χ4n) is 7.37. The van der Waals surface area contributed by atoms with Crippen LogP contribution in [-0.4, -0.2) is 125 Å². The van der Waals surface area contributed by atoms with Crippen LogP contribution in [0.5, 0.6) is 0 Å². The van der Waals surface area contributed by atoms with Gasteiger partial charge in [-0.1, -0.05) is 24.5 Å². The van der Waals surface area contributed by atoms with E-state index in [-0.39, 0.29) is 48.0 Å². The Labute approximate surface area is 352 Å². The summed E-state index contributed by atoms with van der Waals surface area (Å²) in [6.07, 6.45) is -1.79. The van der Waals surface area contributed by atoms with Crippen LogP contribution in [0.2, 0.25) is 0 Å². The molecule has 0 amide bonds. The van der Waals surface area contributed by atoms with Crippen molar-refractivity contribution in [1.82, 2.24) is 58.6 Å². The molecule has 61 heavy (non-hydrogen) atoms. The number of thiol groups is 2. The molecule has 0 aromatic carbocycles. The molecule has 27 nitrogen and oxygen atoms in total. The Morgan fingerprint density at radius 1 is 0.705 bits per heavy atom. The van der Waals surface area contributed by atoms with Gasteiger partial charge in [-0.05, 0) is 0 Å². The van der Waals surface area contributed by atoms with Crippen LogP contribution in [-0.2, 0) is 41.4 Å². The van der Waals surface area contributed by atoms with Crippen molar-refractivity contribution in [1.29, 1.82) is 0 Å². The molecular weight excluding hydrogens is 889 g/mol. The van der Waals surface area contributed by atoms with Gasteiger partial charge in [0.2, 0.25) is 5.95 Å². The van der Waals surface area contributed by atoms with E-state index in [0.29, 0.717) is 22.3 Å². The number of aromatic nitrogens is 12. The van der Waals surface area contributed by atoms with Crippen molar-refractivity contribution in [2.45, 2.75) is 74.6 Å². The monoisotopic (exact) mass is 925 g/mol. The molecule has 6 aromatic heterocycles. The van der Waals surface area contributed by atoms with E-state index >= 15 is 0 Å². The van der Waals surface area contributed by atoms with Crippen LogP contribution < -0.4 is 22.8 Å². The molecule has 31 heteroatoms. The molecule has 9 heterocycles. The average molecular weight is 926 g/mol. The Kier molecular flexibility index (Phi) is 11.3. The van der Waals surface area contributed by atoms with E-state index in [1.54, 1.807) is 9.13 Å². The SMILES string of the molecule is Nc1nc2c(ncn2[C@H]2C[C@@H](OP(=O)(S)OC[C@H]3O[C@@H](n4cnc5c(N)ncnc54)C[C@H]3OP(=O)(S)OC[C@H]3O[C@@H](n4cnc5c(N)ncnc54)C[C@H]3O)[C@@H](CO)O2)c(=O)[nH]1. The summed E-state index contributed by atoms with van der Waals surface area (Å²) in [6.45, 7) is -9.97. The van der Waals surface area contributed by atoms with Gasteiger partial charge in [0.05, 0.1) is 44.9 Å². The third-order valence-electron chi connectivity index (χ3n) is 10.2. The van der Waals surface area contributed by atoms with Gasteiger partial charge in [-0.25, -0.2) is 44.0 Å². The molecule has 0 saturated carbocycles. The second-order valence-electron chi connectivity index (χ2n) is 14.1. The number of aromatic amines is 1. The zero-order valence-electron chi connectivity index (χ0n) is 31.2. The Bertz CT molecular complexity index is 2760. The fraction of sp³-hybridized carbons (Fsp3) is 0.500. The number of hydrogen-bond donors (Lipinski definition) is 8. The first-order valence-electron chi connectivity index (χ1n) is 18.3. The number of H-pyrrole nitrogens is 1. The van der Waals surface area contributed by atoms with Gasteiger partial charge in [-0.3, -0.25) is 41.6 Å². The molecule has 2 unspecified atom stereocenters. The number of aliphatic hydroxyl groups is 2. The molecule has 9 rings (SSSR count). The third-order valence-corrected chi connectivity index (χ3v) is 13.5. The zero-order valence-corrected chi connectivity index (χ0v) is 34.8. The number of imidazole rings is 3. The van der Waals surface area contributed by atoms with Crippen LogP contribution in [0.4, 0.5) is 17.6 Å². The number of nitrogens with zero attached hydrogens (tertiary/aromatic N) is 11. The van der Waals surface area contributed by atoms with E-state index in [0.717, 1.165) is 0 Å². The maximum atomic E-state index is 13.8. The highest BCUT2D eigenvalue weighted by Crippen LogP contribution is 2.59. The first-order valence-corrected chi connectivity index (χ1v) is 23.7. The van der Waals surface area contributed by atoms with Crippen molar-refractivity contribution in [2.75, 3.05) is 37.0 Å².